The first kappa shape index (κ1) is 23.9. The molecule has 1 aliphatic carbocycles. The third kappa shape index (κ3) is 5.40. The fourth-order valence-electron chi connectivity index (χ4n) is 3.71. The Balaban J connectivity index is 2.20. The minimum absolute atomic E-state index is 0.00533. The number of anilines is 1. The van der Waals surface area contributed by atoms with Gasteiger partial charge in [0.05, 0.1) is 11.9 Å². The minimum atomic E-state index is -3.35. The number of benzene rings is 1. The van der Waals surface area contributed by atoms with Crippen molar-refractivity contribution in [2.24, 2.45) is 0 Å². The maximum atomic E-state index is 12.7. The maximum absolute atomic E-state index is 12.7. The molecular weight excluding hydrogens is 454 g/mol. The summed E-state index contributed by atoms with van der Waals surface area (Å²) < 4.78 is 34.6. The van der Waals surface area contributed by atoms with Gasteiger partial charge in [-0.25, -0.2) is 8.42 Å². The minimum Gasteiger partial charge on any atom is -0.414 e. The van der Waals surface area contributed by atoms with Gasteiger partial charge in [-0.1, -0.05) is 36.7 Å². The molecule has 4 nitrogen and oxygen atoms in total. The van der Waals surface area contributed by atoms with Crippen LogP contribution < -0.4 is 4.31 Å². The second kappa shape index (κ2) is 8.40. The van der Waals surface area contributed by atoms with Crippen LogP contribution in [0.1, 0.15) is 57.6 Å². The molecule has 0 unspecified atom stereocenters. The van der Waals surface area contributed by atoms with Crippen LogP contribution in [0.3, 0.4) is 0 Å². The van der Waals surface area contributed by atoms with E-state index in [1.165, 1.54) is 6.26 Å². The Labute approximate surface area is 181 Å². The second-order valence-electron chi connectivity index (χ2n) is 9.76. The molecule has 0 heterocycles. The largest absolute Gasteiger partial charge is 0.414 e. The van der Waals surface area contributed by atoms with Gasteiger partial charge in [-0.05, 0) is 80.9 Å². The van der Waals surface area contributed by atoms with E-state index in [-0.39, 0.29) is 17.2 Å². The van der Waals surface area contributed by atoms with Crippen molar-refractivity contribution in [2.45, 2.75) is 90.6 Å². The van der Waals surface area contributed by atoms with E-state index >= 15 is 0 Å². The summed E-state index contributed by atoms with van der Waals surface area (Å²) in [5.41, 5.74) is 2.88. The first-order valence-corrected chi connectivity index (χ1v) is 15.6. The zero-order valence-electron chi connectivity index (χ0n) is 18.6. The molecule has 0 amide bonds. The summed E-state index contributed by atoms with van der Waals surface area (Å²) >= 11 is 3.58. The Morgan fingerprint density at radius 1 is 1.07 bits per heavy atom. The highest BCUT2D eigenvalue weighted by molar-refractivity contribution is 9.10. The Morgan fingerprint density at radius 3 is 1.93 bits per heavy atom. The van der Waals surface area contributed by atoms with Crippen molar-refractivity contribution in [3.63, 3.8) is 0 Å². The molecule has 0 aromatic heterocycles. The van der Waals surface area contributed by atoms with Gasteiger partial charge in [0, 0.05) is 16.6 Å². The highest BCUT2D eigenvalue weighted by Gasteiger charge is 2.40. The smallest absolute Gasteiger partial charge is 0.232 e. The molecular formula is C21H36BrNO3SSi. The van der Waals surface area contributed by atoms with E-state index in [0.29, 0.717) is 0 Å². The van der Waals surface area contributed by atoms with Crippen LogP contribution in [0.5, 0.6) is 0 Å². The molecule has 0 atom stereocenters. The van der Waals surface area contributed by atoms with Crippen LogP contribution >= 0.6 is 15.9 Å². The average molecular weight is 491 g/mol. The number of rotatable bonds is 5. The summed E-state index contributed by atoms with van der Waals surface area (Å²) in [6.07, 6.45) is 5.06. The zero-order valence-corrected chi connectivity index (χ0v) is 22.0. The van der Waals surface area contributed by atoms with Crippen molar-refractivity contribution < 1.29 is 12.8 Å². The average Bonchev–Trinajstić information content (AvgIpc) is 2.51. The van der Waals surface area contributed by atoms with E-state index in [0.717, 1.165) is 47.0 Å². The molecule has 2 rings (SSSR count). The van der Waals surface area contributed by atoms with Gasteiger partial charge in [-0.15, -0.1) is 0 Å². The van der Waals surface area contributed by atoms with Crippen molar-refractivity contribution in [3.05, 3.63) is 27.7 Å². The number of halogens is 1. The molecule has 0 radical (unpaired) electrons. The summed E-state index contributed by atoms with van der Waals surface area (Å²) in [6.45, 7) is 15.4. The van der Waals surface area contributed by atoms with Gasteiger partial charge in [0.15, 0.2) is 8.32 Å². The summed E-state index contributed by atoms with van der Waals surface area (Å²) in [4.78, 5) is 0. The first-order valence-electron chi connectivity index (χ1n) is 10.1. The Hall–Kier alpha value is -0.373. The van der Waals surface area contributed by atoms with Crippen LogP contribution in [0.4, 0.5) is 5.69 Å². The summed E-state index contributed by atoms with van der Waals surface area (Å²) in [6, 6.07) is 3.93. The van der Waals surface area contributed by atoms with Crippen molar-refractivity contribution in [1.29, 1.82) is 0 Å². The van der Waals surface area contributed by atoms with E-state index in [1.807, 2.05) is 26.0 Å². The SMILES string of the molecule is Cc1cc(N(C2CCC(O[Si](C)(C)C(C)(C)C)CC2)S(C)(=O)=O)cc(C)c1Br. The normalized spacial score (nSPS) is 21.6. The molecule has 160 valence electrons. The molecule has 1 aromatic carbocycles. The van der Waals surface area contributed by atoms with E-state index in [2.05, 4.69) is 49.8 Å². The number of sulfonamides is 1. The fraction of sp³-hybridized carbons (Fsp3) is 0.714. The molecule has 28 heavy (non-hydrogen) atoms. The van der Waals surface area contributed by atoms with Crippen LogP contribution in [0.15, 0.2) is 16.6 Å². The summed E-state index contributed by atoms with van der Waals surface area (Å²) in [5.74, 6) is 0. The van der Waals surface area contributed by atoms with Crippen LogP contribution in [0, 0.1) is 13.8 Å². The highest BCUT2D eigenvalue weighted by atomic mass is 79.9. The van der Waals surface area contributed by atoms with E-state index in [1.54, 1.807) is 4.31 Å². The Kier molecular flexibility index (Phi) is 7.17. The van der Waals surface area contributed by atoms with Crippen molar-refractivity contribution in [3.8, 4) is 0 Å². The molecule has 1 saturated carbocycles. The van der Waals surface area contributed by atoms with Crippen LogP contribution in [-0.4, -0.2) is 35.1 Å². The molecule has 0 saturated heterocycles. The lowest BCUT2D eigenvalue weighted by atomic mass is 9.93. The molecule has 0 spiro atoms. The van der Waals surface area contributed by atoms with E-state index in [4.69, 9.17) is 4.43 Å². The van der Waals surface area contributed by atoms with Gasteiger partial charge in [0.2, 0.25) is 10.0 Å². The molecule has 0 N–H and O–H groups in total. The fourth-order valence-corrected chi connectivity index (χ4v) is 6.61. The van der Waals surface area contributed by atoms with Crippen LogP contribution in [0.2, 0.25) is 18.1 Å². The van der Waals surface area contributed by atoms with Gasteiger partial charge in [-0.2, -0.15) is 0 Å². The van der Waals surface area contributed by atoms with Gasteiger partial charge >= 0.3 is 0 Å². The monoisotopic (exact) mass is 489 g/mol. The van der Waals surface area contributed by atoms with Crippen LogP contribution in [-0.2, 0) is 14.4 Å². The van der Waals surface area contributed by atoms with Gasteiger partial charge in [0.25, 0.3) is 0 Å². The van der Waals surface area contributed by atoms with E-state index in [9.17, 15) is 8.42 Å². The molecule has 1 aromatic rings. The van der Waals surface area contributed by atoms with Gasteiger partial charge in [-0.3, -0.25) is 4.31 Å². The third-order valence-corrected chi connectivity index (χ3v) is 13.3. The molecule has 1 fully saturated rings. The van der Waals surface area contributed by atoms with Gasteiger partial charge < -0.3 is 4.43 Å². The summed E-state index contributed by atoms with van der Waals surface area (Å²) in [7, 11) is -5.15. The molecule has 0 aliphatic heterocycles. The molecule has 1 aliphatic rings. The quantitative estimate of drug-likeness (QED) is 0.464. The van der Waals surface area contributed by atoms with Crippen molar-refractivity contribution in [1.82, 2.24) is 0 Å². The maximum Gasteiger partial charge on any atom is 0.232 e. The Bertz CT molecular complexity index is 786. The standard InChI is InChI=1S/C21H36BrNO3SSi/c1-15-13-18(14-16(2)20(15)22)23(27(6,24)25)17-9-11-19(12-10-17)26-28(7,8)21(3,4)5/h13-14,17,19H,9-12H2,1-8H3. The lowest BCUT2D eigenvalue weighted by Gasteiger charge is -2.42. The lowest BCUT2D eigenvalue weighted by molar-refractivity contribution is 0.131. The zero-order chi connectivity index (χ0) is 21.5. The third-order valence-electron chi connectivity index (χ3n) is 6.28. The van der Waals surface area contributed by atoms with Crippen molar-refractivity contribution in [2.75, 3.05) is 10.6 Å². The number of hydrogen-bond donors (Lipinski definition) is 0. The highest BCUT2D eigenvalue weighted by Crippen LogP contribution is 2.40. The number of nitrogens with zero attached hydrogens (tertiary/aromatic N) is 1. The van der Waals surface area contributed by atoms with E-state index < -0.39 is 18.3 Å². The predicted octanol–water partition coefficient (Wildman–Crippen LogP) is 6.16. The topological polar surface area (TPSA) is 46.6 Å². The summed E-state index contributed by atoms with van der Waals surface area (Å²) in [5, 5.41) is 0.190. The Morgan fingerprint density at radius 2 is 1.54 bits per heavy atom. The van der Waals surface area contributed by atoms with Crippen molar-refractivity contribution >= 4 is 40.0 Å². The second-order valence-corrected chi connectivity index (χ2v) is 17.2. The predicted molar refractivity (Wildman–Crippen MR) is 125 cm³/mol. The van der Waals surface area contributed by atoms with Crippen LogP contribution in [0.25, 0.3) is 0 Å². The van der Waals surface area contributed by atoms with Gasteiger partial charge in [0.1, 0.15) is 0 Å². The molecule has 7 heteroatoms. The first-order chi connectivity index (χ1) is 12.6. The molecule has 0 bridgehead atoms. The number of hydrogen-bond acceptors (Lipinski definition) is 3. The number of aryl methyl sites for hydroxylation is 2. The lowest BCUT2D eigenvalue weighted by Crippen LogP contribution is -2.47.